The number of nitrogens with zero attached hydrogens (tertiary/aromatic N) is 2. The predicted molar refractivity (Wildman–Crippen MR) is 91.8 cm³/mol. The maximum Gasteiger partial charge on any atom is 0.0562 e. The van der Waals surface area contributed by atoms with Crippen molar-refractivity contribution in [3.05, 3.63) is 46.4 Å². The number of aromatic nitrogens is 1. The van der Waals surface area contributed by atoms with Gasteiger partial charge in [-0.05, 0) is 43.0 Å². The zero-order valence-electron chi connectivity index (χ0n) is 13.2. The van der Waals surface area contributed by atoms with Crippen molar-refractivity contribution < 1.29 is 0 Å². The molecule has 0 bridgehead atoms. The molecule has 0 aliphatic rings. The van der Waals surface area contributed by atoms with Gasteiger partial charge in [-0.25, -0.2) is 0 Å². The molecule has 4 heteroatoms. The monoisotopic (exact) mass is 303 g/mol. The summed E-state index contributed by atoms with van der Waals surface area (Å²) in [6.07, 6.45) is 1.92. The van der Waals surface area contributed by atoms with E-state index in [0.29, 0.717) is 5.92 Å². The maximum absolute atomic E-state index is 4.46. The van der Waals surface area contributed by atoms with Crippen molar-refractivity contribution in [1.82, 2.24) is 10.3 Å². The van der Waals surface area contributed by atoms with Crippen molar-refractivity contribution in [2.75, 3.05) is 18.0 Å². The number of nitrogens with one attached hydrogen (secondary N) is 1. The molecule has 0 spiro atoms. The van der Waals surface area contributed by atoms with Gasteiger partial charge in [-0.3, -0.25) is 4.98 Å². The van der Waals surface area contributed by atoms with Crippen LogP contribution in [0.5, 0.6) is 0 Å². The molecule has 21 heavy (non-hydrogen) atoms. The van der Waals surface area contributed by atoms with Crippen molar-refractivity contribution in [1.29, 1.82) is 0 Å². The topological polar surface area (TPSA) is 28.2 Å². The van der Waals surface area contributed by atoms with Crippen molar-refractivity contribution in [2.24, 2.45) is 5.92 Å². The second-order valence-corrected chi connectivity index (χ2v) is 6.66. The van der Waals surface area contributed by atoms with E-state index in [2.05, 4.69) is 65.6 Å². The van der Waals surface area contributed by atoms with E-state index in [4.69, 9.17) is 0 Å². The number of rotatable bonds is 8. The van der Waals surface area contributed by atoms with Gasteiger partial charge >= 0.3 is 0 Å². The van der Waals surface area contributed by atoms with Crippen LogP contribution in [0.15, 0.2) is 35.8 Å². The van der Waals surface area contributed by atoms with Gasteiger partial charge in [0.2, 0.25) is 0 Å². The highest BCUT2D eigenvalue weighted by molar-refractivity contribution is 7.09. The van der Waals surface area contributed by atoms with Gasteiger partial charge in [-0.2, -0.15) is 0 Å². The lowest BCUT2D eigenvalue weighted by Crippen LogP contribution is -2.23. The van der Waals surface area contributed by atoms with Crippen LogP contribution in [0, 0.1) is 5.92 Å². The van der Waals surface area contributed by atoms with Crippen LogP contribution in [0.25, 0.3) is 0 Å². The van der Waals surface area contributed by atoms with E-state index in [-0.39, 0.29) is 0 Å². The van der Waals surface area contributed by atoms with E-state index < -0.39 is 0 Å². The second-order valence-electron chi connectivity index (χ2n) is 5.62. The van der Waals surface area contributed by atoms with E-state index in [1.807, 2.05) is 17.5 Å². The summed E-state index contributed by atoms with van der Waals surface area (Å²) in [6.45, 7) is 10.5. The van der Waals surface area contributed by atoms with E-state index in [0.717, 1.165) is 31.9 Å². The fraction of sp³-hybridized carbons (Fsp3) is 0.471. The third-order valence-electron chi connectivity index (χ3n) is 3.33. The van der Waals surface area contributed by atoms with Crippen LogP contribution in [-0.2, 0) is 13.1 Å². The standard InChI is InChI=1S/C17H25N3S/c1-4-20(13-17-6-5-9-21-17)16-7-8-19-15(10-16)12-18-11-14(2)3/h5-10,14,18H,4,11-13H2,1-3H3. The molecule has 0 atom stereocenters. The van der Waals surface area contributed by atoms with Crippen molar-refractivity contribution in [3.8, 4) is 0 Å². The lowest BCUT2D eigenvalue weighted by molar-refractivity contribution is 0.548. The Hall–Kier alpha value is -1.39. The Bertz CT molecular complexity index is 523. The van der Waals surface area contributed by atoms with E-state index in [1.54, 1.807) is 0 Å². The van der Waals surface area contributed by atoms with E-state index in [1.165, 1.54) is 10.6 Å². The lowest BCUT2D eigenvalue weighted by atomic mass is 10.2. The average molecular weight is 303 g/mol. The Labute approximate surface area is 132 Å². The number of pyridine rings is 1. The highest BCUT2D eigenvalue weighted by Crippen LogP contribution is 2.19. The summed E-state index contributed by atoms with van der Waals surface area (Å²) in [5.41, 5.74) is 2.36. The zero-order valence-corrected chi connectivity index (χ0v) is 14.0. The fourth-order valence-electron chi connectivity index (χ4n) is 2.22. The number of hydrogen-bond donors (Lipinski definition) is 1. The minimum absolute atomic E-state index is 0.666. The molecule has 0 aliphatic heterocycles. The van der Waals surface area contributed by atoms with Gasteiger partial charge in [0.15, 0.2) is 0 Å². The van der Waals surface area contributed by atoms with Gasteiger partial charge in [-0.15, -0.1) is 11.3 Å². The molecule has 2 aromatic rings. The smallest absolute Gasteiger partial charge is 0.0562 e. The SMILES string of the molecule is CCN(Cc1cccs1)c1ccnc(CNCC(C)C)c1. The van der Waals surface area contributed by atoms with Gasteiger partial charge < -0.3 is 10.2 Å². The van der Waals surface area contributed by atoms with Crippen LogP contribution in [-0.4, -0.2) is 18.1 Å². The molecule has 0 saturated heterocycles. The predicted octanol–water partition coefficient (Wildman–Crippen LogP) is 3.92. The highest BCUT2D eigenvalue weighted by Gasteiger charge is 2.07. The largest absolute Gasteiger partial charge is 0.367 e. The molecule has 2 aromatic heterocycles. The summed E-state index contributed by atoms with van der Waals surface area (Å²) >= 11 is 1.81. The molecule has 0 aromatic carbocycles. The van der Waals surface area contributed by atoms with Gasteiger partial charge in [0.25, 0.3) is 0 Å². The first-order valence-corrected chi connectivity index (χ1v) is 8.50. The number of anilines is 1. The van der Waals surface area contributed by atoms with Crippen LogP contribution < -0.4 is 10.2 Å². The van der Waals surface area contributed by atoms with Crippen LogP contribution in [0.2, 0.25) is 0 Å². The Morgan fingerprint density at radius 1 is 1.33 bits per heavy atom. The molecular formula is C17H25N3S. The third-order valence-corrected chi connectivity index (χ3v) is 4.19. The van der Waals surface area contributed by atoms with Gasteiger partial charge in [0.1, 0.15) is 0 Å². The van der Waals surface area contributed by atoms with Crippen LogP contribution in [0.1, 0.15) is 31.3 Å². The molecule has 2 rings (SSSR count). The van der Waals surface area contributed by atoms with Crippen LogP contribution >= 0.6 is 11.3 Å². The third kappa shape index (κ3) is 5.14. The molecule has 2 heterocycles. The molecule has 0 unspecified atom stereocenters. The van der Waals surface area contributed by atoms with Crippen molar-refractivity contribution in [3.63, 3.8) is 0 Å². The summed E-state index contributed by atoms with van der Waals surface area (Å²) in [5.74, 6) is 0.666. The van der Waals surface area contributed by atoms with Crippen LogP contribution in [0.4, 0.5) is 5.69 Å². The molecule has 3 nitrogen and oxygen atoms in total. The summed E-state index contributed by atoms with van der Waals surface area (Å²) in [5, 5.41) is 5.59. The summed E-state index contributed by atoms with van der Waals surface area (Å²) < 4.78 is 0. The first kappa shape index (κ1) is 16.0. The quantitative estimate of drug-likeness (QED) is 0.801. The molecule has 0 aliphatic carbocycles. The fourth-order valence-corrected chi connectivity index (χ4v) is 2.94. The minimum Gasteiger partial charge on any atom is -0.367 e. The molecule has 0 saturated carbocycles. The van der Waals surface area contributed by atoms with Crippen molar-refractivity contribution >= 4 is 17.0 Å². The molecule has 0 radical (unpaired) electrons. The molecule has 0 amide bonds. The van der Waals surface area contributed by atoms with Crippen LogP contribution in [0.3, 0.4) is 0 Å². The Kier molecular flexibility index (Phi) is 6.21. The summed E-state index contributed by atoms with van der Waals surface area (Å²) in [7, 11) is 0. The second kappa shape index (κ2) is 8.15. The van der Waals surface area contributed by atoms with E-state index >= 15 is 0 Å². The van der Waals surface area contributed by atoms with Crippen molar-refractivity contribution in [2.45, 2.75) is 33.9 Å². The summed E-state index contributed by atoms with van der Waals surface area (Å²) in [6, 6.07) is 8.61. The zero-order chi connectivity index (χ0) is 15.1. The Morgan fingerprint density at radius 2 is 2.19 bits per heavy atom. The molecular weight excluding hydrogens is 278 g/mol. The number of thiophene rings is 1. The average Bonchev–Trinajstić information content (AvgIpc) is 2.97. The Balaban J connectivity index is 2.00. The van der Waals surface area contributed by atoms with Gasteiger partial charge in [0.05, 0.1) is 12.2 Å². The first-order chi connectivity index (χ1) is 10.2. The first-order valence-electron chi connectivity index (χ1n) is 7.62. The van der Waals surface area contributed by atoms with Gasteiger partial charge in [-0.1, -0.05) is 19.9 Å². The molecule has 1 N–H and O–H groups in total. The Morgan fingerprint density at radius 3 is 2.86 bits per heavy atom. The normalized spacial score (nSPS) is 11.0. The van der Waals surface area contributed by atoms with E-state index in [9.17, 15) is 0 Å². The molecule has 114 valence electrons. The lowest BCUT2D eigenvalue weighted by Gasteiger charge is -2.23. The highest BCUT2D eigenvalue weighted by atomic mass is 32.1. The molecule has 0 fully saturated rings. The summed E-state index contributed by atoms with van der Waals surface area (Å²) in [4.78, 5) is 8.25. The maximum atomic E-state index is 4.46. The number of hydrogen-bond acceptors (Lipinski definition) is 4. The minimum atomic E-state index is 0.666. The van der Waals surface area contributed by atoms with Gasteiger partial charge in [0, 0.05) is 29.9 Å².